The van der Waals surface area contributed by atoms with Crippen LogP contribution in [0.2, 0.25) is 0 Å². The van der Waals surface area contributed by atoms with Gasteiger partial charge in [0.25, 0.3) is 5.91 Å². The predicted molar refractivity (Wildman–Crippen MR) is 80.8 cm³/mol. The van der Waals surface area contributed by atoms with E-state index in [0.29, 0.717) is 5.56 Å². The second-order valence-corrected chi connectivity index (χ2v) is 5.22. The summed E-state index contributed by atoms with van der Waals surface area (Å²) in [5.41, 5.74) is 2.70. The summed E-state index contributed by atoms with van der Waals surface area (Å²) in [4.78, 5) is 14.4. The lowest BCUT2D eigenvalue weighted by atomic mass is 10.1. The van der Waals surface area contributed by atoms with Crippen LogP contribution in [0.25, 0.3) is 0 Å². The largest absolute Gasteiger partial charge is 0.385 e. The Balaban J connectivity index is 2.83. The molecule has 1 atom stereocenters. The lowest BCUT2D eigenvalue weighted by molar-refractivity contribution is 0.0935. The highest BCUT2D eigenvalue weighted by molar-refractivity contribution is 6.00. The van der Waals surface area contributed by atoms with Crippen molar-refractivity contribution in [3.05, 3.63) is 29.3 Å². The lowest BCUT2D eigenvalue weighted by Crippen LogP contribution is -2.39. The fourth-order valence-electron chi connectivity index (χ4n) is 2.09. The van der Waals surface area contributed by atoms with E-state index in [1.54, 1.807) is 0 Å². The number of aryl methyl sites for hydroxylation is 1. The molecule has 4 heteroatoms. The van der Waals surface area contributed by atoms with E-state index in [2.05, 4.69) is 15.5 Å². The maximum Gasteiger partial charge on any atom is 0.253 e. The molecule has 0 aromatic heterocycles. The fraction of sp³-hybridized carbons (Fsp3) is 0.533. The standard InChI is InChI=1S/C15H25N3O/c1-6-16-14-8-7-11(2)9-13(14)15(19)17-12(3)10-18(4)5/h7-9,12,16H,6,10H2,1-5H3,(H,17,19). The van der Waals surface area contributed by atoms with Crippen LogP contribution in [0, 0.1) is 6.92 Å². The van der Waals surface area contributed by atoms with Crippen LogP contribution in [0.1, 0.15) is 29.8 Å². The van der Waals surface area contributed by atoms with Crippen LogP contribution in [0.15, 0.2) is 18.2 Å². The van der Waals surface area contributed by atoms with Crippen molar-refractivity contribution in [2.75, 3.05) is 32.5 Å². The van der Waals surface area contributed by atoms with Gasteiger partial charge in [0.15, 0.2) is 0 Å². The molecule has 0 fully saturated rings. The first-order chi connectivity index (χ1) is 8.93. The summed E-state index contributed by atoms with van der Waals surface area (Å²) in [6.07, 6.45) is 0. The molecule has 1 aromatic carbocycles. The van der Waals surface area contributed by atoms with E-state index in [-0.39, 0.29) is 11.9 Å². The van der Waals surface area contributed by atoms with Crippen molar-refractivity contribution in [2.24, 2.45) is 0 Å². The molecule has 0 heterocycles. The number of rotatable bonds is 6. The molecule has 0 saturated heterocycles. The van der Waals surface area contributed by atoms with Gasteiger partial charge in [-0.2, -0.15) is 0 Å². The lowest BCUT2D eigenvalue weighted by Gasteiger charge is -2.19. The van der Waals surface area contributed by atoms with E-state index in [4.69, 9.17) is 0 Å². The molecule has 0 aliphatic heterocycles. The van der Waals surface area contributed by atoms with E-state index in [9.17, 15) is 4.79 Å². The third-order valence-electron chi connectivity index (χ3n) is 2.80. The first-order valence-corrected chi connectivity index (χ1v) is 6.74. The molecular weight excluding hydrogens is 238 g/mol. The van der Waals surface area contributed by atoms with Gasteiger partial charge in [-0.25, -0.2) is 0 Å². The zero-order valence-corrected chi connectivity index (χ0v) is 12.6. The van der Waals surface area contributed by atoms with Gasteiger partial charge in [0, 0.05) is 24.8 Å². The van der Waals surface area contributed by atoms with E-state index in [0.717, 1.165) is 24.3 Å². The maximum atomic E-state index is 12.3. The first-order valence-electron chi connectivity index (χ1n) is 6.74. The zero-order chi connectivity index (χ0) is 14.4. The monoisotopic (exact) mass is 263 g/mol. The average molecular weight is 263 g/mol. The minimum absolute atomic E-state index is 0.0194. The topological polar surface area (TPSA) is 44.4 Å². The minimum atomic E-state index is -0.0194. The molecule has 4 nitrogen and oxygen atoms in total. The number of nitrogens with zero attached hydrogens (tertiary/aromatic N) is 1. The number of hydrogen-bond donors (Lipinski definition) is 2. The Kier molecular flexibility index (Phi) is 5.83. The smallest absolute Gasteiger partial charge is 0.253 e. The minimum Gasteiger partial charge on any atom is -0.385 e. The maximum absolute atomic E-state index is 12.3. The molecule has 0 aliphatic carbocycles. The molecular formula is C15H25N3O. The molecule has 1 unspecified atom stereocenters. The third kappa shape index (κ3) is 4.91. The number of carbonyl (C=O) groups excluding carboxylic acids is 1. The number of benzene rings is 1. The Morgan fingerprint density at radius 1 is 1.37 bits per heavy atom. The summed E-state index contributed by atoms with van der Waals surface area (Å²) in [5, 5.41) is 6.26. The van der Waals surface area contributed by atoms with Crippen molar-refractivity contribution in [1.82, 2.24) is 10.2 Å². The summed E-state index contributed by atoms with van der Waals surface area (Å²) in [7, 11) is 4.00. The Morgan fingerprint density at radius 2 is 2.05 bits per heavy atom. The van der Waals surface area contributed by atoms with Crippen LogP contribution in [0.5, 0.6) is 0 Å². The predicted octanol–water partition coefficient (Wildman–Crippen LogP) is 2.11. The number of nitrogens with one attached hydrogen (secondary N) is 2. The molecule has 2 N–H and O–H groups in total. The summed E-state index contributed by atoms with van der Waals surface area (Å²) >= 11 is 0. The molecule has 106 valence electrons. The van der Waals surface area contributed by atoms with Gasteiger partial charge in [-0.15, -0.1) is 0 Å². The molecule has 1 amide bonds. The van der Waals surface area contributed by atoms with Crippen LogP contribution in [0.3, 0.4) is 0 Å². The number of carbonyl (C=O) groups is 1. The van der Waals surface area contributed by atoms with Gasteiger partial charge < -0.3 is 15.5 Å². The third-order valence-corrected chi connectivity index (χ3v) is 2.80. The van der Waals surface area contributed by atoms with Gasteiger partial charge in [0.1, 0.15) is 0 Å². The van der Waals surface area contributed by atoms with Crippen molar-refractivity contribution in [2.45, 2.75) is 26.8 Å². The van der Waals surface area contributed by atoms with E-state index < -0.39 is 0 Å². The van der Waals surface area contributed by atoms with Crippen molar-refractivity contribution in [3.8, 4) is 0 Å². The molecule has 0 radical (unpaired) electrons. The van der Waals surface area contributed by atoms with Crippen molar-refractivity contribution in [1.29, 1.82) is 0 Å². The van der Waals surface area contributed by atoms with Gasteiger partial charge in [0.05, 0.1) is 5.56 Å². The van der Waals surface area contributed by atoms with E-state index >= 15 is 0 Å². The molecule has 0 spiro atoms. The van der Waals surface area contributed by atoms with Gasteiger partial charge >= 0.3 is 0 Å². The summed E-state index contributed by atoms with van der Waals surface area (Å²) in [6.45, 7) is 7.66. The Hall–Kier alpha value is -1.55. The number of hydrogen-bond acceptors (Lipinski definition) is 3. The number of amides is 1. The van der Waals surface area contributed by atoms with Crippen LogP contribution >= 0.6 is 0 Å². The summed E-state index contributed by atoms with van der Waals surface area (Å²) < 4.78 is 0. The normalized spacial score (nSPS) is 12.3. The number of likely N-dealkylation sites (N-methyl/N-ethyl adjacent to an activating group) is 1. The van der Waals surface area contributed by atoms with Crippen LogP contribution < -0.4 is 10.6 Å². The van der Waals surface area contributed by atoms with Gasteiger partial charge in [-0.05, 0) is 47.0 Å². The summed E-state index contributed by atoms with van der Waals surface area (Å²) in [6, 6.07) is 6.02. The number of anilines is 1. The van der Waals surface area contributed by atoms with Crippen molar-refractivity contribution < 1.29 is 4.79 Å². The highest BCUT2D eigenvalue weighted by Crippen LogP contribution is 2.17. The molecule has 19 heavy (non-hydrogen) atoms. The van der Waals surface area contributed by atoms with E-state index in [1.807, 2.05) is 53.1 Å². The Labute approximate surface area is 116 Å². The van der Waals surface area contributed by atoms with Crippen molar-refractivity contribution in [3.63, 3.8) is 0 Å². The molecule has 0 saturated carbocycles. The Bertz CT molecular complexity index is 429. The van der Waals surface area contributed by atoms with E-state index in [1.165, 1.54) is 0 Å². The van der Waals surface area contributed by atoms with Crippen LogP contribution in [-0.4, -0.2) is 44.0 Å². The van der Waals surface area contributed by atoms with Gasteiger partial charge in [-0.3, -0.25) is 4.79 Å². The molecule has 1 rings (SSSR count). The highest BCUT2D eigenvalue weighted by atomic mass is 16.1. The summed E-state index contributed by atoms with van der Waals surface area (Å²) in [5.74, 6) is -0.0194. The molecule has 1 aromatic rings. The van der Waals surface area contributed by atoms with Crippen LogP contribution in [0.4, 0.5) is 5.69 Å². The average Bonchev–Trinajstić information content (AvgIpc) is 2.30. The van der Waals surface area contributed by atoms with Gasteiger partial charge in [-0.1, -0.05) is 11.6 Å². The molecule has 0 aliphatic rings. The highest BCUT2D eigenvalue weighted by Gasteiger charge is 2.14. The first kappa shape index (κ1) is 15.5. The zero-order valence-electron chi connectivity index (χ0n) is 12.6. The fourth-order valence-corrected chi connectivity index (χ4v) is 2.09. The SMILES string of the molecule is CCNc1ccc(C)cc1C(=O)NC(C)CN(C)C. The second-order valence-electron chi connectivity index (χ2n) is 5.22. The Morgan fingerprint density at radius 3 is 2.63 bits per heavy atom. The van der Waals surface area contributed by atoms with Gasteiger partial charge in [0.2, 0.25) is 0 Å². The van der Waals surface area contributed by atoms with Crippen LogP contribution in [-0.2, 0) is 0 Å². The second kappa shape index (κ2) is 7.14. The quantitative estimate of drug-likeness (QED) is 0.826. The van der Waals surface area contributed by atoms with Crippen molar-refractivity contribution >= 4 is 11.6 Å². The molecule has 0 bridgehead atoms.